The molecule has 0 bridgehead atoms. The van der Waals surface area contributed by atoms with E-state index in [2.05, 4.69) is 39.6 Å². The molecule has 3 rings (SSSR count). The summed E-state index contributed by atoms with van der Waals surface area (Å²) in [6.45, 7) is 2.36. The fourth-order valence-electron chi connectivity index (χ4n) is 2.62. The van der Waals surface area contributed by atoms with Gasteiger partial charge in [0.15, 0.2) is 0 Å². The second kappa shape index (κ2) is 8.59. The van der Waals surface area contributed by atoms with Crippen LogP contribution in [0.4, 0.5) is 0 Å². The Kier molecular flexibility index (Phi) is 5.75. The molecule has 2 N–H and O–H groups in total. The van der Waals surface area contributed by atoms with Gasteiger partial charge in [-0.25, -0.2) is 0 Å². The van der Waals surface area contributed by atoms with Gasteiger partial charge >= 0.3 is 0 Å². The molecule has 0 spiro atoms. The summed E-state index contributed by atoms with van der Waals surface area (Å²) in [5.74, 6) is -0.448. The maximum Gasteiger partial charge on any atom is 0.262 e. The van der Waals surface area contributed by atoms with E-state index in [0.717, 1.165) is 23.4 Å². The van der Waals surface area contributed by atoms with Gasteiger partial charge in [0.05, 0.1) is 24.1 Å². The summed E-state index contributed by atoms with van der Waals surface area (Å²) < 4.78 is 0. The Balaban J connectivity index is 1.78. The number of aromatic amines is 1. The van der Waals surface area contributed by atoms with Crippen LogP contribution in [0.2, 0.25) is 0 Å². The predicted molar refractivity (Wildman–Crippen MR) is 103 cm³/mol. The number of hydrogen-bond donors (Lipinski definition) is 2. The molecular formula is C21H19N5O. The molecule has 27 heavy (non-hydrogen) atoms. The lowest BCUT2D eigenvalue weighted by atomic mass is 10.0. The van der Waals surface area contributed by atoms with Crippen molar-refractivity contribution in [3.63, 3.8) is 0 Å². The summed E-state index contributed by atoms with van der Waals surface area (Å²) in [6, 6.07) is 15.5. The summed E-state index contributed by atoms with van der Waals surface area (Å²) >= 11 is 0. The molecule has 6 nitrogen and oxygen atoms in total. The molecule has 3 aromatic rings. The van der Waals surface area contributed by atoms with Crippen LogP contribution in [0, 0.1) is 11.3 Å². The van der Waals surface area contributed by atoms with Gasteiger partial charge in [0.2, 0.25) is 0 Å². The third kappa shape index (κ3) is 4.47. The van der Waals surface area contributed by atoms with E-state index in [9.17, 15) is 10.1 Å². The Morgan fingerprint density at radius 2 is 2.07 bits per heavy atom. The number of carbonyl (C=O) groups excluding carboxylic acids is 1. The molecule has 0 aliphatic rings. The number of nitrogens with one attached hydrogen (secondary N) is 2. The van der Waals surface area contributed by atoms with Gasteiger partial charge in [-0.3, -0.25) is 14.9 Å². The van der Waals surface area contributed by atoms with Crippen molar-refractivity contribution in [3.8, 4) is 17.3 Å². The van der Waals surface area contributed by atoms with E-state index < -0.39 is 5.91 Å². The number of amides is 1. The van der Waals surface area contributed by atoms with Gasteiger partial charge in [0, 0.05) is 17.3 Å². The molecule has 0 saturated carbocycles. The van der Waals surface area contributed by atoms with E-state index in [-0.39, 0.29) is 12.1 Å². The topological polar surface area (TPSA) is 94.5 Å². The van der Waals surface area contributed by atoms with Crippen LogP contribution in [0.15, 0.2) is 60.4 Å². The molecule has 2 aromatic heterocycles. The molecule has 6 heteroatoms. The first-order valence-electron chi connectivity index (χ1n) is 8.64. The third-order valence-electron chi connectivity index (χ3n) is 4.14. The minimum absolute atomic E-state index is 0.0127. The molecule has 0 atom stereocenters. The van der Waals surface area contributed by atoms with E-state index in [1.807, 2.05) is 30.3 Å². The average molecular weight is 357 g/mol. The van der Waals surface area contributed by atoms with Crippen LogP contribution in [-0.4, -0.2) is 21.1 Å². The number of aromatic nitrogens is 3. The van der Waals surface area contributed by atoms with Crippen LogP contribution >= 0.6 is 0 Å². The molecule has 0 fully saturated rings. The highest BCUT2D eigenvalue weighted by molar-refractivity contribution is 6.02. The highest BCUT2D eigenvalue weighted by Crippen LogP contribution is 2.23. The number of rotatable bonds is 6. The zero-order valence-corrected chi connectivity index (χ0v) is 14.9. The lowest BCUT2D eigenvalue weighted by Gasteiger charge is -2.05. The van der Waals surface area contributed by atoms with E-state index >= 15 is 0 Å². The Morgan fingerprint density at radius 1 is 1.26 bits per heavy atom. The fraction of sp³-hybridized carbons (Fsp3) is 0.143. The number of nitrogens with zero attached hydrogens (tertiary/aromatic N) is 3. The minimum Gasteiger partial charge on any atom is -0.346 e. The first kappa shape index (κ1) is 18.1. The van der Waals surface area contributed by atoms with Gasteiger partial charge in [0.1, 0.15) is 11.6 Å². The second-order valence-corrected chi connectivity index (χ2v) is 5.92. The second-order valence-electron chi connectivity index (χ2n) is 5.92. The van der Waals surface area contributed by atoms with E-state index in [4.69, 9.17) is 0 Å². The quantitative estimate of drug-likeness (QED) is 0.523. The van der Waals surface area contributed by atoms with E-state index in [1.165, 1.54) is 5.56 Å². The monoisotopic (exact) mass is 357 g/mol. The first-order valence-corrected chi connectivity index (χ1v) is 8.64. The number of H-pyrrole nitrogens is 1. The van der Waals surface area contributed by atoms with Gasteiger partial charge in [0.25, 0.3) is 5.91 Å². The van der Waals surface area contributed by atoms with E-state index in [0.29, 0.717) is 5.56 Å². The van der Waals surface area contributed by atoms with Crippen LogP contribution in [-0.2, 0) is 17.8 Å². The summed E-state index contributed by atoms with van der Waals surface area (Å²) in [5.41, 5.74) is 4.37. The molecule has 0 aliphatic heterocycles. The lowest BCUT2D eigenvalue weighted by Crippen LogP contribution is -2.24. The average Bonchev–Trinajstić information content (AvgIpc) is 3.19. The van der Waals surface area contributed by atoms with Gasteiger partial charge in [-0.15, -0.1) is 0 Å². The number of carbonyl (C=O) groups is 1. The number of hydrogen-bond acceptors (Lipinski definition) is 4. The predicted octanol–water partition coefficient (Wildman–Crippen LogP) is 3.26. The molecule has 1 amide bonds. The third-order valence-corrected chi connectivity index (χ3v) is 4.14. The zero-order chi connectivity index (χ0) is 19.1. The van der Waals surface area contributed by atoms with Crippen molar-refractivity contribution in [1.29, 1.82) is 5.26 Å². The van der Waals surface area contributed by atoms with Crippen molar-refractivity contribution in [3.05, 3.63) is 77.3 Å². The molecule has 0 radical (unpaired) electrons. The SMILES string of the molecule is CCc1ccc(-c2[nH]ncc2/C=C(\C#N)C(=O)NCc2ccccn2)cc1. The van der Waals surface area contributed by atoms with Gasteiger partial charge in [-0.05, 0) is 30.2 Å². The maximum absolute atomic E-state index is 12.3. The summed E-state index contributed by atoms with van der Waals surface area (Å²) in [6.07, 6.45) is 5.77. The maximum atomic E-state index is 12.3. The Hall–Kier alpha value is -3.72. The van der Waals surface area contributed by atoms with Crippen molar-refractivity contribution in [2.75, 3.05) is 0 Å². The molecule has 134 valence electrons. The minimum atomic E-state index is -0.448. The highest BCUT2D eigenvalue weighted by Gasteiger charge is 2.12. The lowest BCUT2D eigenvalue weighted by molar-refractivity contribution is -0.117. The van der Waals surface area contributed by atoms with Crippen LogP contribution in [0.5, 0.6) is 0 Å². The Morgan fingerprint density at radius 3 is 2.74 bits per heavy atom. The first-order chi connectivity index (χ1) is 13.2. The summed E-state index contributed by atoms with van der Waals surface area (Å²) in [7, 11) is 0. The molecule has 2 heterocycles. The number of aryl methyl sites for hydroxylation is 1. The molecular weight excluding hydrogens is 338 g/mol. The van der Waals surface area contributed by atoms with Gasteiger partial charge < -0.3 is 5.32 Å². The van der Waals surface area contributed by atoms with Crippen molar-refractivity contribution < 1.29 is 4.79 Å². The van der Waals surface area contributed by atoms with E-state index in [1.54, 1.807) is 24.5 Å². The Bertz CT molecular complexity index is 981. The highest BCUT2D eigenvalue weighted by atomic mass is 16.1. The largest absolute Gasteiger partial charge is 0.346 e. The normalized spacial score (nSPS) is 11.0. The molecule has 0 aliphatic carbocycles. The van der Waals surface area contributed by atoms with Crippen molar-refractivity contribution in [1.82, 2.24) is 20.5 Å². The van der Waals surface area contributed by atoms with Crippen LogP contribution in [0.3, 0.4) is 0 Å². The van der Waals surface area contributed by atoms with Gasteiger partial charge in [-0.1, -0.05) is 37.3 Å². The molecule has 0 unspecified atom stereocenters. The summed E-state index contributed by atoms with van der Waals surface area (Å²) in [5, 5.41) is 19.1. The van der Waals surface area contributed by atoms with Crippen molar-refractivity contribution >= 4 is 12.0 Å². The molecule has 0 saturated heterocycles. The van der Waals surface area contributed by atoms with Crippen molar-refractivity contribution in [2.24, 2.45) is 0 Å². The van der Waals surface area contributed by atoms with Gasteiger partial charge in [-0.2, -0.15) is 10.4 Å². The smallest absolute Gasteiger partial charge is 0.262 e. The standard InChI is InChI=1S/C21H19N5O/c1-2-15-6-8-16(9-7-15)20-18(13-25-26-20)11-17(12-22)21(27)24-14-19-5-3-4-10-23-19/h3-11,13H,2,14H2,1H3,(H,24,27)(H,25,26)/b17-11+. The molecule has 1 aromatic carbocycles. The van der Waals surface area contributed by atoms with Crippen LogP contribution < -0.4 is 5.32 Å². The number of nitriles is 1. The van der Waals surface area contributed by atoms with Crippen LogP contribution in [0.1, 0.15) is 23.7 Å². The number of pyridine rings is 1. The zero-order valence-electron chi connectivity index (χ0n) is 14.9. The van der Waals surface area contributed by atoms with Crippen LogP contribution in [0.25, 0.3) is 17.3 Å². The Labute approximate surface area is 157 Å². The number of benzene rings is 1. The fourth-order valence-corrected chi connectivity index (χ4v) is 2.62. The van der Waals surface area contributed by atoms with Crippen molar-refractivity contribution in [2.45, 2.75) is 19.9 Å². The summed E-state index contributed by atoms with van der Waals surface area (Å²) in [4.78, 5) is 16.5.